The molecule has 1 atom stereocenters. The minimum atomic E-state index is -0.536. The van der Waals surface area contributed by atoms with E-state index >= 15 is 0 Å². The second kappa shape index (κ2) is 8.39. The lowest BCUT2D eigenvalue weighted by Gasteiger charge is -2.32. The number of rotatable bonds is 6. The number of hydrogen-bond acceptors (Lipinski definition) is 2. The monoisotopic (exact) mass is 324 g/mol. The van der Waals surface area contributed by atoms with Gasteiger partial charge < -0.3 is 5.32 Å². The highest BCUT2D eigenvalue weighted by Crippen LogP contribution is 2.22. The van der Waals surface area contributed by atoms with Crippen LogP contribution in [-0.4, -0.2) is 36.5 Å². The Balaban J connectivity index is 1.80. The first-order valence-electron chi connectivity index (χ1n) is 8.39. The van der Waals surface area contributed by atoms with Gasteiger partial charge in [-0.25, -0.2) is 8.78 Å². The largest absolute Gasteiger partial charge is 0.353 e. The zero-order valence-corrected chi connectivity index (χ0v) is 13.9. The first-order valence-corrected chi connectivity index (χ1v) is 8.39. The van der Waals surface area contributed by atoms with E-state index in [0.29, 0.717) is 24.4 Å². The summed E-state index contributed by atoms with van der Waals surface area (Å²) in [6.45, 7) is 6.14. The highest BCUT2D eigenvalue weighted by atomic mass is 19.1. The Morgan fingerprint density at radius 3 is 2.87 bits per heavy atom. The molecule has 1 N–H and O–H groups in total. The Morgan fingerprint density at radius 1 is 1.39 bits per heavy atom. The van der Waals surface area contributed by atoms with E-state index in [1.807, 2.05) is 13.8 Å². The molecule has 1 aromatic carbocycles. The molecule has 128 valence electrons. The average molecular weight is 324 g/mol. The highest BCUT2D eigenvalue weighted by Gasteiger charge is 2.22. The predicted octanol–water partition coefficient (Wildman–Crippen LogP) is 3.13. The second-order valence-electron chi connectivity index (χ2n) is 6.74. The predicted molar refractivity (Wildman–Crippen MR) is 87.1 cm³/mol. The Labute approximate surface area is 137 Å². The molecule has 0 spiro atoms. The first-order chi connectivity index (χ1) is 10.9. The molecule has 1 fully saturated rings. The number of piperidine rings is 1. The molecular weight excluding hydrogens is 298 g/mol. The normalized spacial score (nSPS) is 19.1. The number of aryl methyl sites for hydroxylation is 1. The van der Waals surface area contributed by atoms with Gasteiger partial charge in [-0.15, -0.1) is 0 Å². The number of hydrogen-bond donors (Lipinski definition) is 1. The van der Waals surface area contributed by atoms with Crippen molar-refractivity contribution in [3.8, 4) is 0 Å². The number of benzene rings is 1. The van der Waals surface area contributed by atoms with Crippen LogP contribution in [0.25, 0.3) is 0 Å². The average Bonchev–Trinajstić information content (AvgIpc) is 2.45. The van der Waals surface area contributed by atoms with E-state index in [-0.39, 0.29) is 11.9 Å². The highest BCUT2D eigenvalue weighted by molar-refractivity contribution is 5.78. The van der Waals surface area contributed by atoms with Crippen LogP contribution in [0.4, 0.5) is 8.78 Å². The van der Waals surface area contributed by atoms with E-state index in [9.17, 15) is 13.6 Å². The third kappa shape index (κ3) is 5.90. The maximum absolute atomic E-state index is 13.7. The van der Waals surface area contributed by atoms with Crippen LogP contribution in [0.5, 0.6) is 0 Å². The summed E-state index contributed by atoms with van der Waals surface area (Å²) in [5.74, 6) is -0.481. The summed E-state index contributed by atoms with van der Waals surface area (Å²) < 4.78 is 26.6. The third-order valence-electron chi connectivity index (χ3n) is 4.26. The van der Waals surface area contributed by atoms with Crippen LogP contribution < -0.4 is 5.32 Å². The van der Waals surface area contributed by atoms with E-state index in [1.165, 1.54) is 12.1 Å². The maximum atomic E-state index is 13.7. The molecule has 1 amide bonds. The van der Waals surface area contributed by atoms with Crippen molar-refractivity contribution in [2.75, 3.05) is 19.6 Å². The van der Waals surface area contributed by atoms with E-state index < -0.39 is 11.6 Å². The molecule has 0 radical (unpaired) electrons. The van der Waals surface area contributed by atoms with Crippen molar-refractivity contribution < 1.29 is 13.6 Å². The molecule has 1 aliphatic rings. The summed E-state index contributed by atoms with van der Waals surface area (Å²) in [6.07, 6.45) is 3.64. The molecule has 0 aromatic heterocycles. The van der Waals surface area contributed by atoms with Gasteiger partial charge in [-0.05, 0) is 63.6 Å². The van der Waals surface area contributed by atoms with Gasteiger partial charge in [0.25, 0.3) is 0 Å². The maximum Gasteiger partial charge on any atom is 0.234 e. The van der Waals surface area contributed by atoms with Gasteiger partial charge in [0.1, 0.15) is 11.6 Å². The molecule has 0 saturated carbocycles. The van der Waals surface area contributed by atoms with Crippen LogP contribution in [-0.2, 0) is 11.2 Å². The van der Waals surface area contributed by atoms with Gasteiger partial charge in [0.15, 0.2) is 0 Å². The van der Waals surface area contributed by atoms with Gasteiger partial charge >= 0.3 is 0 Å². The van der Waals surface area contributed by atoms with Crippen molar-refractivity contribution in [2.24, 2.45) is 5.92 Å². The molecule has 1 unspecified atom stereocenters. The topological polar surface area (TPSA) is 32.3 Å². The van der Waals surface area contributed by atoms with Crippen LogP contribution in [0.2, 0.25) is 0 Å². The van der Waals surface area contributed by atoms with E-state index in [4.69, 9.17) is 0 Å². The fraction of sp³-hybridized carbons (Fsp3) is 0.611. The molecule has 1 aliphatic heterocycles. The molecule has 0 aliphatic carbocycles. The van der Waals surface area contributed by atoms with Crippen molar-refractivity contribution >= 4 is 5.91 Å². The Morgan fingerprint density at radius 2 is 2.17 bits per heavy atom. The minimum Gasteiger partial charge on any atom is -0.353 e. The van der Waals surface area contributed by atoms with Crippen molar-refractivity contribution in [1.82, 2.24) is 10.2 Å². The Hall–Kier alpha value is -1.49. The standard InChI is InChI=1S/C18H26F2N2O/c1-13(2)21-18(23)12-22-9-3-4-14(11-22)5-6-15-7-8-16(19)10-17(15)20/h7-8,10,13-14H,3-6,9,11-12H2,1-2H3,(H,21,23). The molecule has 1 heterocycles. The van der Waals surface area contributed by atoms with E-state index in [1.54, 1.807) is 0 Å². The number of carbonyl (C=O) groups is 1. The van der Waals surface area contributed by atoms with Crippen LogP contribution in [0.15, 0.2) is 18.2 Å². The molecular formula is C18H26F2N2O. The third-order valence-corrected chi connectivity index (χ3v) is 4.26. The number of halogens is 2. The molecule has 1 saturated heterocycles. The van der Waals surface area contributed by atoms with Gasteiger partial charge in [0.05, 0.1) is 6.54 Å². The Bertz CT molecular complexity index is 534. The quantitative estimate of drug-likeness (QED) is 0.872. The number of likely N-dealkylation sites (tertiary alicyclic amines) is 1. The van der Waals surface area contributed by atoms with Gasteiger partial charge in [0, 0.05) is 18.7 Å². The number of nitrogens with zero attached hydrogens (tertiary/aromatic N) is 1. The molecule has 5 heteroatoms. The summed E-state index contributed by atoms with van der Waals surface area (Å²) in [4.78, 5) is 14.0. The number of nitrogens with one attached hydrogen (secondary N) is 1. The molecule has 23 heavy (non-hydrogen) atoms. The van der Waals surface area contributed by atoms with E-state index in [0.717, 1.165) is 38.4 Å². The summed E-state index contributed by atoms with van der Waals surface area (Å²) >= 11 is 0. The molecule has 2 rings (SSSR count). The van der Waals surface area contributed by atoms with Gasteiger partial charge in [0.2, 0.25) is 5.91 Å². The van der Waals surface area contributed by atoms with Crippen molar-refractivity contribution in [1.29, 1.82) is 0 Å². The van der Waals surface area contributed by atoms with Crippen molar-refractivity contribution in [3.05, 3.63) is 35.4 Å². The smallest absolute Gasteiger partial charge is 0.234 e. The fourth-order valence-electron chi connectivity index (χ4n) is 3.19. The summed E-state index contributed by atoms with van der Waals surface area (Å²) in [6, 6.07) is 3.94. The summed E-state index contributed by atoms with van der Waals surface area (Å²) in [7, 11) is 0. The van der Waals surface area contributed by atoms with Crippen molar-refractivity contribution in [2.45, 2.75) is 45.6 Å². The molecule has 1 aromatic rings. The second-order valence-corrected chi connectivity index (χ2v) is 6.74. The minimum absolute atomic E-state index is 0.0604. The van der Waals surface area contributed by atoms with Crippen LogP contribution >= 0.6 is 0 Å². The number of carbonyl (C=O) groups excluding carboxylic acids is 1. The Kier molecular flexibility index (Phi) is 6.51. The van der Waals surface area contributed by atoms with Crippen LogP contribution in [0.3, 0.4) is 0 Å². The van der Waals surface area contributed by atoms with Crippen LogP contribution in [0.1, 0.15) is 38.7 Å². The summed E-state index contributed by atoms with van der Waals surface area (Å²) in [5, 5.41) is 2.91. The number of amides is 1. The lowest BCUT2D eigenvalue weighted by molar-refractivity contribution is -0.123. The van der Waals surface area contributed by atoms with Crippen LogP contribution in [0, 0.1) is 17.6 Å². The summed E-state index contributed by atoms with van der Waals surface area (Å²) in [5.41, 5.74) is 0.570. The zero-order valence-electron chi connectivity index (χ0n) is 13.9. The van der Waals surface area contributed by atoms with E-state index in [2.05, 4.69) is 10.2 Å². The lowest BCUT2D eigenvalue weighted by Crippen LogP contribution is -2.44. The SMILES string of the molecule is CC(C)NC(=O)CN1CCCC(CCc2ccc(F)cc2F)C1. The van der Waals surface area contributed by atoms with Gasteiger partial charge in [-0.2, -0.15) is 0 Å². The zero-order chi connectivity index (χ0) is 16.8. The lowest BCUT2D eigenvalue weighted by atomic mass is 9.91. The van der Waals surface area contributed by atoms with Crippen molar-refractivity contribution in [3.63, 3.8) is 0 Å². The first kappa shape index (κ1) is 17.9. The van der Waals surface area contributed by atoms with Gasteiger partial charge in [-0.3, -0.25) is 9.69 Å². The molecule has 3 nitrogen and oxygen atoms in total. The van der Waals surface area contributed by atoms with Gasteiger partial charge in [-0.1, -0.05) is 6.07 Å². The molecule has 0 bridgehead atoms. The fourth-order valence-corrected chi connectivity index (χ4v) is 3.19.